The van der Waals surface area contributed by atoms with E-state index in [2.05, 4.69) is 10.3 Å². The van der Waals surface area contributed by atoms with Gasteiger partial charge >= 0.3 is 0 Å². The molecular formula is C12H7ClFN3O3. The Balaban J connectivity index is 2.28. The zero-order valence-electron chi connectivity index (χ0n) is 9.84. The van der Waals surface area contributed by atoms with Crippen LogP contribution in [-0.2, 0) is 0 Å². The van der Waals surface area contributed by atoms with Crippen LogP contribution < -0.4 is 5.32 Å². The van der Waals surface area contributed by atoms with Crippen molar-refractivity contribution in [1.82, 2.24) is 4.98 Å². The summed E-state index contributed by atoms with van der Waals surface area (Å²) in [6.07, 6.45) is 2.25. The highest BCUT2D eigenvalue weighted by Gasteiger charge is 2.17. The quantitative estimate of drug-likeness (QED) is 0.696. The maximum absolute atomic E-state index is 13.3. The predicted octanol–water partition coefficient (Wildman–Crippen LogP) is 3.03. The lowest BCUT2D eigenvalue weighted by molar-refractivity contribution is -0.384. The second-order valence-corrected chi connectivity index (χ2v) is 4.14. The number of pyridine rings is 1. The fourth-order valence-electron chi connectivity index (χ4n) is 1.46. The summed E-state index contributed by atoms with van der Waals surface area (Å²) in [5, 5.41) is 12.9. The molecule has 0 aliphatic rings. The van der Waals surface area contributed by atoms with Gasteiger partial charge in [-0.1, -0.05) is 11.6 Å². The number of carbonyl (C=O) groups is 1. The summed E-state index contributed by atoms with van der Waals surface area (Å²) in [4.78, 5) is 25.5. The van der Waals surface area contributed by atoms with Gasteiger partial charge in [-0.3, -0.25) is 19.9 Å². The minimum atomic E-state index is -0.704. The first kappa shape index (κ1) is 13.9. The number of anilines is 1. The Kier molecular flexibility index (Phi) is 3.90. The van der Waals surface area contributed by atoms with E-state index in [-0.39, 0.29) is 16.3 Å². The smallest absolute Gasteiger partial charge is 0.288 e. The molecule has 2 rings (SSSR count). The lowest BCUT2D eigenvalue weighted by Gasteiger charge is -2.06. The number of aromatic nitrogens is 1. The third-order valence-electron chi connectivity index (χ3n) is 2.43. The van der Waals surface area contributed by atoms with Gasteiger partial charge in [-0.15, -0.1) is 0 Å². The summed E-state index contributed by atoms with van der Waals surface area (Å²) in [5.74, 6) is -1.39. The van der Waals surface area contributed by atoms with Crippen LogP contribution in [0.5, 0.6) is 0 Å². The number of nitro benzene ring substituents is 1. The maximum Gasteiger partial charge on any atom is 0.288 e. The number of nitrogens with zero attached hydrogens (tertiary/aromatic N) is 2. The first-order chi connectivity index (χ1) is 9.49. The van der Waals surface area contributed by atoms with Gasteiger partial charge in [-0.25, -0.2) is 4.39 Å². The summed E-state index contributed by atoms with van der Waals surface area (Å²) in [7, 11) is 0. The van der Waals surface area contributed by atoms with E-state index in [0.717, 1.165) is 12.3 Å². The van der Waals surface area contributed by atoms with E-state index in [1.165, 1.54) is 24.4 Å². The number of amides is 1. The van der Waals surface area contributed by atoms with Crippen LogP contribution >= 0.6 is 11.6 Å². The Labute approximate surface area is 117 Å². The van der Waals surface area contributed by atoms with E-state index in [1.807, 2.05) is 0 Å². The maximum atomic E-state index is 13.3. The zero-order chi connectivity index (χ0) is 14.7. The van der Waals surface area contributed by atoms with Gasteiger partial charge in [0.2, 0.25) is 0 Å². The molecule has 1 N–H and O–H groups in total. The van der Waals surface area contributed by atoms with Crippen molar-refractivity contribution in [1.29, 1.82) is 0 Å². The number of halogens is 2. The summed E-state index contributed by atoms with van der Waals surface area (Å²) >= 11 is 5.64. The van der Waals surface area contributed by atoms with Gasteiger partial charge in [-0.05, 0) is 18.2 Å². The molecule has 0 aliphatic heterocycles. The van der Waals surface area contributed by atoms with E-state index in [4.69, 9.17) is 11.6 Å². The molecule has 1 aromatic heterocycles. The monoisotopic (exact) mass is 295 g/mol. The minimum absolute atomic E-state index is 0.00249. The molecule has 0 aliphatic carbocycles. The first-order valence-corrected chi connectivity index (χ1v) is 5.71. The molecule has 0 saturated heterocycles. The Bertz CT molecular complexity index is 693. The second kappa shape index (κ2) is 5.62. The van der Waals surface area contributed by atoms with Gasteiger partial charge in [0.25, 0.3) is 11.6 Å². The first-order valence-electron chi connectivity index (χ1n) is 5.34. The molecule has 0 radical (unpaired) electrons. The van der Waals surface area contributed by atoms with Crippen molar-refractivity contribution < 1.29 is 14.1 Å². The van der Waals surface area contributed by atoms with Crippen molar-refractivity contribution in [3.8, 4) is 0 Å². The fourth-order valence-corrected chi connectivity index (χ4v) is 1.65. The van der Waals surface area contributed by atoms with Crippen molar-refractivity contribution in [3.05, 3.63) is 63.2 Å². The van der Waals surface area contributed by atoms with E-state index in [0.29, 0.717) is 0 Å². The lowest BCUT2D eigenvalue weighted by atomic mass is 10.2. The molecular weight excluding hydrogens is 289 g/mol. The van der Waals surface area contributed by atoms with Crippen LogP contribution in [-0.4, -0.2) is 15.8 Å². The third-order valence-corrected chi connectivity index (χ3v) is 2.75. The standard InChI is InChI=1S/C12H7ClFN3O3/c13-8-2-1-7(5-11(8)17(19)20)12(18)16-10-3-4-15-6-9(10)14/h1-6H,(H,15,16,18). The molecule has 6 nitrogen and oxygen atoms in total. The van der Waals surface area contributed by atoms with Crippen LogP contribution in [0.25, 0.3) is 0 Å². The van der Waals surface area contributed by atoms with Gasteiger partial charge < -0.3 is 5.32 Å². The molecule has 0 bridgehead atoms. The normalized spacial score (nSPS) is 10.1. The minimum Gasteiger partial charge on any atom is -0.319 e. The number of carbonyl (C=O) groups excluding carboxylic acids is 1. The van der Waals surface area contributed by atoms with Gasteiger partial charge in [0.15, 0.2) is 5.82 Å². The molecule has 1 aromatic carbocycles. The lowest BCUT2D eigenvalue weighted by Crippen LogP contribution is -2.13. The Hall–Kier alpha value is -2.54. The molecule has 102 valence electrons. The predicted molar refractivity (Wildman–Crippen MR) is 70.3 cm³/mol. The Morgan fingerprint density at radius 2 is 2.15 bits per heavy atom. The molecule has 8 heteroatoms. The van der Waals surface area contributed by atoms with Crippen LogP contribution in [0.2, 0.25) is 5.02 Å². The molecule has 1 amide bonds. The van der Waals surface area contributed by atoms with E-state index >= 15 is 0 Å². The number of rotatable bonds is 3. The number of hydrogen-bond acceptors (Lipinski definition) is 4. The van der Waals surface area contributed by atoms with Crippen LogP contribution in [0.15, 0.2) is 36.7 Å². The summed E-state index contributed by atoms with van der Waals surface area (Å²) in [6.45, 7) is 0. The van der Waals surface area contributed by atoms with Crippen LogP contribution in [0.4, 0.5) is 15.8 Å². The second-order valence-electron chi connectivity index (χ2n) is 3.73. The highest BCUT2D eigenvalue weighted by molar-refractivity contribution is 6.32. The van der Waals surface area contributed by atoms with Crippen molar-refractivity contribution in [2.45, 2.75) is 0 Å². The molecule has 0 atom stereocenters. The average molecular weight is 296 g/mol. The van der Waals surface area contributed by atoms with Crippen LogP contribution in [0, 0.1) is 15.9 Å². The summed E-state index contributed by atoms with van der Waals surface area (Å²) in [5.41, 5.74) is -0.463. The van der Waals surface area contributed by atoms with Gasteiger partial charge in [0.05, 0.1) is 16.8 Å². The SMILES string of the molecule is O=C(Nc1ccncc1F)c1ccc(Cl)c([N+](=O)[O-])c1. The highest BCUT2D eigenvalue weighted by atomic mass is 35.5. The molecule has 20 heavy (non-hydrogen) atoms. The number of benzene rings is 1. The van der Waals surface area contributed by atoms with Crippen molar-refractivity contribution in [2.75, 3.05) is 5.32 Å². The molecule has 0 fully saturated rings. The molecule has 0 spiro atoms. The zero-order valence-corrected chi connectivity index (χ0v) is 10.6. The van der Waals surface area contributed by atoms with Gasteiger partial charge in [0.1, 0.15) is 5.02 Å². The summed E-state index contributed by atoms with van der Waals surface area (Å²) < 4.78 is 13.3. The Morgan fingerprint density at radius 1 is 1.40 bits per heavy atom. The fraction of sp³-hybridized carbons (Fsp3) is 0. The van der Waals surface area contributed by atoms with Gasteiger partial charge in [0, 0.05) is 17.8 Å². The van der Waals surface area contributed by atoms with Crippen molar-refractivity contribution in [2.24, 2.45) is 0 Å². The van der Waals surface area contributed by atoms with E-state index in [1.54, 1.807) is 0 Å². The van der Waals surface area contributed by atoms with E-state index in [9.17, 15) is 19.3 Å². The topological polar surface area (TPSA) is 85.1 Å². The molecule has 1 heterocycles. The Morgan fingerprint density at radius 3 is 2.80 bits per heavy atom. The molecule has 2 aromatic rings. The van der Waals surface area contributed by atoms with Crippen LogP contribution in [0.1, 0.15) is 10.4 Å². The van der Waals surface area contributed by atoms with E-state index < -0.39 is 22.3 Å². The van der Waals surface area contributed by atoms with Gasteiger partial charge in [-0.2, -0.15) is 0 Å². The third kappa shape index (κ3) is 2.89. The van der Waals surface area contributed by atoms with Crippen LogP contribution in [0.3, 0.4) is 0 Å². The average Bonchev–Trinajstić information content (AvgIpc) is 2.41. The number of nitrogens with one attached hydrogen (secondary N) is 1. The van der Waals surface area contributed by atoms with Crippen molar-refractivity contribution in [3.63, 3.8) is 0 Å². The van der Waals surface area contributed by atoms with Crippen molar-refractivity contribution >= 4 is 28.9 Å². The highest BCUT2D eigenvalue weighted by Crippen LogP contribution is 2.25. The molecule has 0 saturated carbocycles. The largest absolute Gasteiger partial charge is 0.319 e. The number of hydrogen-bond donors (Lipinski definition) is 1. The number of nitro groups is 1. The summed E-state index contributed by atoms with van der Waals surface area (Å²) in [6, 6.07) is 4.84. The molecule has 0 unspecified atom stereocenters.